The van der Waals surface area contributed by atoms with E-state index >= 15 is 0 Å². The zero-order valence-corrected chi connectivity index (χ0v) is 24.4. The summed E-state index contributed by atoms with van der Waals surface area (Å²) in [6, 6.07) is 20.3. The summed E-state index contributed by atoms with van der Waals surface area (Å²) in [5, 5.41) is 0.128. The molecule has 0 bridgehead atoms. The highest BCUT2D eigenvalue weighted by atomic mass is 28.4. The average Bonchev–Trinajstić information content (AvgIpc) is 2.83. The van der Waals surface area contributed by atoms with Gasteiger partial charge in [-0.15, -0.1) is 0 Å². The maximum Gasteiger partial charge on any atom is 0.192 e. The van der Waals surface area contributed by atoms with E-state index in [0.717, 1.165) is 5.56 Å². The summed E-state index contributed by atoms with van der Waals surface area (Å²) in [7, 11) is -1.90. The second-order valence-corrected chi connectivity index (χ2v) is 16.4. The van der Waals surface area contributed by atoms with Crippen LogP contribution in [-0.4, -0.2) is 14.9 Å². The van der Waals surface area contributed by atoms with Crippen molar-refractivity contribution in [2.45, 2.75) is 66.3 Å². The summed E-state index contributed by atoms with van der Waals surface area (Å²) < 4.78 is 32.7. The molecule has 0 aliphatic heterocycles. The van der Waals surface area contributed by atoms with Crippen molar-refractivity contribution in [3.05, 3.63) is 89.2 Å². The summed E-state index contributed by atoms with van der Waals surface area (Å²) in [5.41, 5.74) is 1.85. The smallest absolute Gasteiger partial charge is 0.192 e. The van der Waals surface area contributed by atoms with Gasteiger partial charge in [0.1, 0.15) is 35.2 Å². The van der Waals surface area contributed by atoms with Gasteiger partial charge in [-0.25, -0.2) is 4.39 Å². The Morgan fingerprint density at radius 3 is 2.19 bits per heavy atom. The van der Waals surface area contributed by atoms with Crippen molar-refractivity contribution in [3.63, 3.8) is 0 Å². The molecule has 0 radical (unpaired) electrons. The third kappa shape index (κ3) is 7.95. The first-order valence-electron chi connectivity index (χ1n) is 12.7. The summed E-state index contributed by atoms with van der Waals surface area (Å²) in [6.07, 6.45) is 0. The van der Waals surface area contributed by atoms with Crippen LogP contribution < -0.4 is 9.47 Å². The Morgan fingerprint density at radius 2 is 1.54 bits per heavy atom. The quantitative estimate of drug-likeness (QED) is 0.220. The first kappa shape index (κ1) is 28.5. The third-order valence-electron chi connectivity index (χ3n) is 6.71. The van der Waals surface area contributed by atoms with Gasteiger partial charge in [-0.2, -0.15) is 0 Å². The van der Waals surface area contributed by atoms with Gasteiger partial charge in [0, 0.05) is 12.0 Å². The molecule has 3 aromatic carbocycles. The Morgan fingerprint density at radius 1 is 0.865 bits per heavy atom. The minimum absolute atomic E-state index is 0.128. The fraction of sp³-hybridized carbons (Fsp3) is 0.375. The number of aryl methyl sites for hydroxylation is 1. The van der Waals surface area contributed by atoms with E-state index < -0.39 is 8.32 Å². The molecule has 0 amide bonds. The summed E-state index contributed by atoms with van der Waals surface area (Å²) >= 11 is 0. The van der Waals surface area contributed by atoms with E-state index in [-0.39, 0.29) is 16.3 Å². The Hall–Kier alpha value is -3.07. The van der Waals surface area contributed by atoms with Gasteiger partial charge in [-0.3, -0.25) is 0 Å². The maximum atomic E-state index is 13.8. The molecule has 37 heavy (non-hydrogen) atoms. The van der Waals surface area contributed by atoms with E-state index in [1.807, 2.05) is 48.5 Å². The molecule has 3 nitrogen and oxygen atoms in total. The number of ether oxygens (including phenoxy) is 2. The lowest BCUT2D eigenvalue weighted by Gasteiger charge is -2.38. The molecule has 0 spiro atoms. The number of rotatable bonds is 8. The highest BCUT2D eigenvalue weighted by molar-refractivity contribution is 6.74. The van der Waals surface area contributed by atoms with Crippen LogP contribution in [0.4, 0.5) is 4.39 Å². The lowest BCUT2D eigenvalue weighted by molar-refractivity contribution is 0.209. The van der Waals surface area contributed by atoms with Crippen molar-refractivity contribution in [2.24, 2.45) is 5.41 Å². The van der Waals surface area contributed by atoms with Gasteiger partial charge in [0.2, 0.25) is 0 Å². The maximum absolute atomic E-state index is 13.8. The van der Waals surface area contributed by atoms with E-state index in [2.05, 4.69) is 59.6 Å². The number of hydrogen-bond donors (Lipinski definition) is 0. The average molecular weight is 519 g/mol. The summed E-state index contributed by atoms with van der Waals surface area (Å²) in [5.74, 6) is 8.22. The molecule has 0 aliphatic rings. The predicted octanol–water partition coefficient (Wildman–Crippen LogP) is 8.90. The fourth-order valence-electron chi connectivity index (χ4n) is 3.23. The third-order valence-corrected chi connectivity index (χ3v) is 11.2. The molecule has 0 saturated carbocycles. The molecule has 0 aliphatic carbocycles. The normalized spacial score (nSPS) is 12.0. The molecular formula is C32H39FO3Si. The predicted molar refractivity (Wildman–Crippen MR) is 152 cm³/mol. The molecule has 0 N–H and O–H groups in total. The largest absolute Gasteiger partial charge is 0.487 e. The standard InChI is InChI=1S/C32H39FO3Si/c1-24-21-26(17-18-28(24)33)36-30-16-12-15-29(34-22-25-13-10-9-11-14-25)27(30)19-20-32(5,6)23-35-37(7,8)31(2,3)4/h9-18,21H,22-23H2,1-8H3. The van der Waals surface area contributed by atoms with Crippen LogP contribution >= 0.6 is 0 Å². The molecule has 3 rings (SSSR count). The van der Waals surface area contributed by atoms with E-state index in [1.165, 1.54) is 6.07 Å². The Bertz CT molecular complexity index is 1260. The van der Waals surface area contributed by atoms with Crippen molar-refractivity contribution in [1.29, 1.82) is 0 Å². The van der Waals surface area contributed by atoms with Crippen LogP contribution in [0.15, 0.2) is 66.7 Å². The molecule has 0 aromatic heterocycles. The minimum Gasteiger partial charge on any atom is -0.487 e. The summed E-state index contributed by atoms with van der Waals surface area (Å²) in [4.78, 5) is 0. The molecule has 0 heterocycles. The van der Waals surface area contributed by atoms with Crippen molar-refractivity contribution < 1.29 is 18.3 Å². The molecule has 196 valence electrons. The van der Waals surface area contributed by atoms with E-state index in [4.69, 9.17) is 13.9 Å². The van der Waals surface area contributed by atoms with E-state index in [0.29, 0.717) is 41.6 Å². The molecule has 0 fully saturated rings. The van der Waals surface area contributed by atoms with Gasteiger partial charge in [0.25, 0.3) is 0 Å². The molecular weight excluding hydrogens is 479 g/mol. The van der Waals surface area contributed by atoms with Crippen molar-refractivity contribution in [2.75, 3.05) is 6.61 Å². The monoisotopic (exact) mass is 518 g/mol. The topological polar surface area (TPSA) is 27.7 Å². The van der Waals surface area contributed by atoms with E-state index in [1.54, 1.807) is 19.1 Å². The van der Waals surface area contributed by atoms with Gasteiger partial charge in [0.15, 0.2) is 8.32 Å². The van der Waals surface area contributed by atoms with Crippen LogP contribution in [0.3, 0.4) is 0 Å². The SMILES string of the molecule is Cc1cc(Oc2cccc(OCc3ccccc3)c2C#CC(C)(C)CO[Si](C)(C)C(C)(C)C)ccc1F. The van der Waals surface area contributed by atoms with Gasteiger partial charge in [0.05, 0.1) is 0 Å². The molecule has 3 aromatic rings. The first-order valence-corrected chi connectivity index (χ1v) is 15.6. The Balaban J connectivity index is 1.93. The molecule has 0 atom stereocenters. The summed E-state index contributed by atoms with van der Waals surface area (Å²) in [6.45, 7) is 18.0. The van der Waals surface area contributed by atoms with Gasteiger partial charge < -0.3 is 13.9 Å². The fourth-order valence-corrected chi connectivity index (χ4v) is 4.38. The van der Waals surface area contributed by atoms with Gasteiger partial charge in [-0.05, 0) is 80.4 Å². The first-order chi connectivity index (χ1) is 17.3. The van der Waals surface area contributed by atoms with Crippen LogP contribution in [0, 0.1) is 30.0 Å². The second-order valence-electron chi connectivity index (χ2n) is 11.6. The van der Waals surface area contributed by atoms with E-state index in [9.17, 15) is 4.39 Å². The highest BCUT2D eigenvalue weighted by Gasteiger charge is 2.38. The lowest BCUT2D eigenvalue weighted by Crippen LogP contribution is -2.42. The number of halogens is 1. The molecule has 0 saturated heterocycles. The number of benzene rings is 3. The Labute approximate surface area is 223 Å². The van der Waals surface area contributed by atoms with Crippen LogP contribution in [0.1, 0.15) is 51.3 Å². The van der Waals surface area contributed by atoms with Gasteiger partial charge >= 0.3 is 0 Å². The number of hydrogen-bond acceptors (Lipinski definition) is 3. The molecule has 0 unspecified atom stereocenters. The van der Waals surface area contributed by atoms with Gasteiger partial charge in [-0.1, -0.05) is 69.0 Å². The minimum atomic E-state index is -1.90. The zero-order valence-electron chi connectivity index (χ0n) is 23.4. The van der Waals surface area contributed by atoms with Crippen LogP contribution in [-0.2, 0) is 11.0 Å². The van der Waals surface area contributed by atoms with Crippen molar-refractivity contribution in [1.82, 2.24) is 0 Å². The second kappa shape index (κ2) is 11.5. The highest BCUT2D eigenvalue weighted by Crippen LogP contribution is 2.38. The van der Waals surface area contributed by atoms with Crippen LogP contribution in [0.2, 0.25) is 18.1 Å². The van der Waals surface area contributed by atoms with Crippen molar-refractivity contribution >= 4 is 8.32 Å². The van der Waals surface area contributed by atoms with Crippen LogP contribution in [0.5, 0.6) is 17.2 Å². The Kier molecular flexibility index (Phi) is 8.89. The lowest BCUT2D eigenvalue weighted by atomic mass is 9.95. The van der Waals surface area contributed by atoms with Crippen LogP contribution in [0.25, 0.3) is 0 Å². The van der Waals surface area contributed by atoms with Crippen molar-refractivity contribution in [3.8, 4) is 29.1 Å². The zero-order chi connectivity index (χ0) is 27.3. The molecule has 5 heteroatoms.